The number of pyridine rings is 1. The number of amides is 1. The first kappa shape index (κ1) is 11.9. The number of imidazole rings is 1. The van der Waals surface area contributed by atoms with Crippen molar-refractivity contribution in [3.05, 3.63) is 47.8 Å². The summed E-state index contributed by atoms with van der Waals surface area (Å²) in [5.74, 6) is 0.173. The maximum absolute atomic E-state index is 12.1. The van der Waals surface area contributed by atoms with Gasteiger partial charge in [0, 0.05) is 37.0 Å². The van der Waals surface area contributed by atoms with Crippen molar-refractivity contribution >= 4 is 5.91 Å². The summed E-state index contributed by atoms with van der Waals surface area (Å²) in [6, 6.07) is 3.82. The molecule has 0 spiro atoms. The molecule has 0 radical (unpaired) electrons. The van der Waals surface area contributed by atoms with Crippen LogP contribution in [0, 0.1) is 5.92 Å². The van der Waals surface area contributed by atoms with Crippen LogP contribution in [0.4, 0.5) is 0 Å². The third kappa shape index (κ3) is 2.65. The summed E-state index contributed by atoms with van der Waals surface area (Å²) in [5.41, 5.74) is 3.29. The van der Waals surface area contributed by atoms with Crippen molar-refractivity contribution in [3.8, 4) is 0 Å². The van der Waals surface area contributed by atoms with Gasteiger partial charge in [0.25, 0.3) is 0 Å². The fraction of sp³-hybridized carbons (Fsp3) is 0.357. The summed E-state index contributed by atoms with van der Waals surface area (Å²) >= 11 is 0. The molecule has 0 fully saturated rings. The summed E-state index contributed by atoms with van der Waals surface area (Å²) in [4.78, 5) is 23.5. The van der Waals surface area contributed by atoms with Crippen molar-refractivity contribution in [1.82, 2.24) is 20.3 Å². The van der Waals surface area contributed by atoms with Crippen LogP contribution in [0.25, 0.3) is 0 Å². The van der Waals surface area contributed by atoms with Gasteiger partial charge in [-0.3, -0.25) is 9.78 Å². The highest BCUT2D eigenvalue weighted by Crippen LogP contribution is 2.22. The van der Waals surface area contributed by atoms with E-state index in [9.17, 15) is 4.79 Å². The number of fused-ring (bicyclic) bond motifs is 1. The molecule has 0 aliphatic heterocycles. The maximum atomic E-state index is 12.1. The van der Waals surface area contributed by atoms with Gasteiger partial charge in [0.2, 0.25) is 5.91 Å². The Bertz CT molecular complexity index is 564. The molecule has 5 heteroatoms. The average molecular weight is 256 g/mol. The second kappa shape index (κ2) is 5.22. The van der Waals surface area contributed by atoms with Gasteiger partial charge in [-0.25, -0.2) is 4.98 Å². The minimum Gasteiger partial charge on any atom is -0.352 e. The molecule has 1 aliphatic rings. The summed E-state index contributed by atoms with van der Waals surface area (Å²) in [6.07, 6.45) is 7.70. The first-order chi connectivity index (χ1) is 9.33. The predicted molar refractivity (Wildman–Crippen MR) is 70.2 cm³/mol. The first-order valence-electron chi connectivity index (χ1n) is 6.50. The van der Waals surface area contributed by atoms with E-state index in [4.69, 9.17) is 0 Å². The standard InChI is InChI=1S/C14H16N4O/c19-14(16-8-10-3-5-15-6-4-10)11-1-2-12-13(7-11)18-9-17-12/h3-6,9,11H,1-2,7-8H2,(H,16,19)(H,17,18). The molecule has 19 heavy (non-hydrogen) atoms. The first-order valence-corrected chi connectivity index (χ1v) is 6.50. The van der Waals surface area contributed by atoms with Crippen molar-refractivity contribution in [2.45, 2.75) is 25.8 Å². The number of rotatable bonds is 3. The predicted octanol–water partition coefficient (Wildman–Crippen LogP) is 1.23. The van der Waals surface area contributed by atoms with Crippen molar-refractivity contribution in [2.24, 2.45) is 5.92 Å². The Kier molecular flexibility index (Phi) is 3.27. The Morgan fingerprint density at radius 1 is 1.42 bits per heavy atom. The third-order valence-corrected chi connectivity index (χ3v) is 3.57. The molecule has 5 nitrogen and oxygen atoms in total. The number of aromatic nitrogens is 3. The van der Waals surface area contributed by atoms with Crippen LogP contribution in [0.15, 0.2) is 30.9 Å². The number of carbonyl (C=O) groups is 1. The lowest BCUT2D eigenvalue weighted by Gasteiger charge is -2.20. The van der Waals surface area contributed by atoms with Crippen molar-refractivity contribution < 1.29 is 4.79 Å². The normalized spacial score (nSPS) is 17.8. The van der Waals surface area contributed by atoms with Crippen LogP contribution < -0.4 is 5.32 Å². The Morgan fingerprint density at radius 2 is 2.26 bits per heavy atom. The van der Waals surface area contributed by atoms with Gasteiger partial charge in [-0.2, -0.15) is 0 Å². The number of nitrogens with one attached hydrogen (secondary N) is 2. The largest absolute Gasteiger partial charge is 0.352 e. The number of nitrogens with zero attached hydrogens (tertiary/aromatic N) is 2. The fourth-order valence-corrected chi connectivity index (χ4v) is 2.46. The van der Waals surface area contributed by atoms with Gasteiger partial charge >= 0.3 is 0 Å². The molecule has 2 heterocycles. The topological polar surface area (TPSA) is 70.7 Å². The monoisotopic (exact) mass is 256 g/mol. The number of aromatic amines is 1. The molecule has 0 saturated heterocycles. The molecular formula is C14H16N4O. The SMILES string of the molecule is O=C(NCc1ccncc1)C1CCc2nc[nH]c2C1. The lowest BCUT2D eigenvalue weighted by Crippen LogP contribution is -2.33. The van der Waals surface area contributed by atoms with Crippen LogP contribution in [0.1, 0.15) is 23.4 Å². The zero-order chi connectivity index (χ0) is 13.1. The van der Waals surface area contributed by atoms with Crippen LogP contribution in [0.5, 0.6) is 0 Å². The van der Waals surface area contributed by atoms with E-state index in [-0.39, 0.29) is 11.8 Å². The fourth-order valence-electron chi connectivity index (χ4n) is 2.46. The van der Waals surface area contributed by atoms with Crippen molar-refractivity contribution in [1.29, 1.82) is 0 Å². The maximum Gasteiger partial charge on any atom is 0.223 e. The van der Waals surface area contributed by atoms with E-state index in [2.05, 4.69) is 20.3 Å². The highest BCUT2D eigenvalue weighted by Gasteiger charge is 2.25. The minimum atomic E-state index is 0.0507. The molecule has 1 aliphatic carbocycles. The Balaban J connectivity index is 1.57. The van der Waals surface area contributed by atoms with Gasteiger partial charge < -0.3 is 10.3 Å². The molecule has 98 valence electrons. The highest BCUT2D eigenvalue weighted by molar-refractivity contribution is 5.79. The summed E-state index contributed by atoms with van der Waals surface area (Å²) < 4.78 is 0. The zero-order valence-electron chi connectivity index (χ0n) is 10.6. The molecule has 0 aromatic carbocycles. The molecule has 1 unspecified atom stereocenters. The summed E-state index contributed by atoms with van der Waals surface area (Å²) in [7, 11) is 0. The van der Waals surface area contributed by atoms with Crippen LogP contribution >= 0.6 is 0 Å². The molecule has 1 atom stereocenters. The molecule has 0 bridgehead atoms. The highest BCUT2D eigenvalue weighted by atomic mass is 16.1. The van der Waals surface area contributed by atoms with E-state index in [1.165, 1.54) is 0 Å². The van der Waals surface area contributed by atoms with Crippen molar-refractivity contribution in [3.63, 3.8) is 0 Å². The summed E-state index contributed by atoms with van der Waals surface area (Å²) in [5, 5.41) is 2.99. The van der Waals surface area contributed by atoms with E-state index in [1.807, 2.05) is 12.1 Å². The van der Waals surface area contributed by atoms with Crippen LogP contribution in [-0.4, -0.2) is 20.9 Å². The summed E-state index contributed by atoms with van der Waals surface area (Å²) in [6.45, 7) is 0.563. The van der Waals surface area contributed by atoms with Crippen LogP contribution in [-0.2, 0) is 24.2 Å². The number of hydrogen-bond donors (Lipinski definition) is 2. The van der Waals surface area contributed by atoms with E-state index in [0.717, 1.165) is 36.2 Å². The second-order valence-electron chi connectivity index (χ2n) is 4.84. The zero-order valence-corrected chi connectivity index (χ0v) is 10.6. The Labute approximate surface area is 111 Å². The lowest BCUT2D eigenvalue weighted by atomic mass is 9.89. The van der Waals surface area contributed by atoms with Gasteiger partial charge in [0.1, 0.15) is 0 Å². The average Bonchev–Trinajstić information content (AvgIpc) is 2.93. The number of carbonyl (C=O) groups excluding carboxylic acids is 1. The van der Waals surface area contributed by atoms with Gasteiger partial charge in [-0.15, -0.1) is 0 Å². The Morgan fingerprint density at radius 3 is 3.11 bits per heavy atom. The van der Waals surface area contributed by atoms with Gasteiger partial charge in [0.15, 0.2) is 0 Å². The molecule has 2 N–H and O–H groups in total. The third-order valence-electron chi connectivity index (χ3n) is 3.57. The van der Waals surface area contributed by atoms with Crippen LogP contribution in [0.3, 0.4) is 0 Å². The lowest BCUT2D eigenvalue weighted by molar-refractivity contribution is -0.125. The quantitative estimate of drug-likeness (QED) is 0.867. The van der Waals surface area contributed by atoms with Gasteiger partial charge in [-0.05, 0) is 30.5 Å². The Hall–Kier alpha value is -2.17. The van der Waals surface area contributed by atoms with Gasteiger partial charge in [-0.1, -0.05) is 0 Å². The van der Waals surface area contributed by atoms with E-state index in [1.54, 1.807) is 18.7 Å². The molecule has 0 saturated carbocycles. The molecular weight excluding hydrogens is 240 g/mol. The molecule has 1 amide bonds. The smallest absolute Gasteiger partial charge is 0.223 e. The molecule has 2 aromatic heterocycles. The number of hydrogen-bond acceptors (Lipinski definition) is 3. The van der Waals surface area contributed by atoms with Gasteiger partial charge in [0.05, 0.1) is 12.0 Å². The number of H-pyrrole nitrogens is 1. The minimum absolute atomic E-state index is 0.0507. The van der Waals surface area contributed by atoms with E-state index >= 15 is 0 Å². The van der Waals surface area contributed by atoms with E-state index in [0.29, 0.717) is 6.54 Å². The van der Waals surface area contributed by atoms with Crippen LogP contribution in [0.2, 0.25) is 0 Å². The number of aryl methyl sites for hydroxylation is 1. The second-order valence-corrected chi connectivity index (χ2v) is 4.84. The molecule has 3 rings (SSSR count). The molecule has 2 aromatic rings. The van der Waals surface area contributed by atoms with Crippen molar-refractivity contribution in [2.75, 3.05) is 0 Å². The van der Waals surface area contributed by atoms with E-state index < -0.39 is 0 Å².